The lowest BCUT2D eigenvalue weighted by Gasteiger charge is -2.14. The Kier molecular flexibility index (Phi) is 4.95. The lowest BCUT2D eigenvalue weighted by Crippen LogP contribution is -2.18. The maximum absolute atomic E-state index is 8.90. The summed E-state index contributed by atoms with van der Waals surface area (Å²) in [5.41, 5.74) is 1.96. The van der Waals surface area contributed by atoms with Crippen molar-refractivity contribution in [3.63, 3.8) is 0 Å². The molecule has 1 heterocycles. The van der Waals surface area contributed by atoms with Crippen LogP contribution in [0.5, 0.6) is 5.75 Å². The number of hydrogen-bond donors (Lipinski definition) is 2. The largest absolute Gasteiger partial charge is 0.491 e. The van der Waals surface area contributed by atoms with E-state index in [4.69, 9.17) is 14.3 Å². The Labute approximate surface area is 135 Å². The van der Waals surface area contributed by atoms with Gasteiger partial charge in [-0.15, -0.1) is 0 Å². The molecule has 0 saturated carbocycles. The molecule has 0 fully saturated rings. The predicted molar refractivity (Wildman–Crippen MR) is 90.5 cm³/mol. The normalized spacial score (nSPS) is 12.4. The third-order valence-electron chi connectivity index (χ3n) is 3.79. The van der Waals surface area contributed by atoms with Gasteiger partial charge in [-0.2, -0.15) is 0 Å². The minimum Gasteiger partial charge on any atom is -0.491 e. The fourth-order valence-electron chi connectivity index (χ4n) is 2.53. The fourth-order valence-corrected chi connectivity index (χ4v) is 2.53. The molecule has 2 N–H and O–H groups in total. The molecule has 0 aliphatic carbocycles. The van der Waals surface area contributed by atoms with E-state index in [-0.39, 0.29) is 12.6 Å². The van der Waals surface area contributed by atoms with E-state index in [1.54, 1.807) is 0 Å². The summed E-state index contributed by atoms with van der Waals surface area (Å²) < 4.78 is 11.4. The van der Waals surface area contributed by atoms with Crippen molar-refractivity contribution in [2.45, 2.75) is 19.5 Å². The zero-order valence-electron chi connectivity index (χ0n) is 13.2. The summed E-state index contributed by atoms with van der Waals surface area (Å²) in [6, 6.07) is 18.0. The van der Waals surface area contributed by atoms with Crippen LogP contribution in [0.25, 0.3) is 11.0 Å². The fraction of sp³-hybridized carbons (Fsp3) is 0.263. The van der Waals surface area contributed by atoms with E-state index in [1.165, 1.54) is 0 Å². The third-order valence-corrected chi connectivity index (χ3v) is 3.79. The van der Waals surface area contributed by atoms with Gasteiger partial charge in [0.05, 0.1) is 12.6 Å². The van der Waals surface area contributed by atoms with Gasteiger partial charge in [-0.3, -0.25) is 0 Å². The third kappa shape index (κ3) is 3.73. The first-order valence-corrected chi connectivity index (χ1v) is 7.81. The molecule has 0 aliphatic heterocycles. The Balaban J connectivity index is 1.68. The van der Waals surface area contributed by atoms with E-state index in [1.807, 2.05) is 48.5 Å². The first-order chi connectivity index (χ1) is 11.3. The maximum Gasteiger partial charge on any atom is 0.134 e. The molecule has 0 aliphatic rings. The average molecular weight is 311 g/mol. The Morgan fingerprint density at radius 2 is 1.91 bits per heavy atom. The van der Waals surface area contributed by atoms with Crippen molar-refractivity contribution in [1.29, 1.82) is 0 Å². The van der Waals surface area contributed by atoms with Gasteiger partial charge in [-0.25, -0.2) is 0 Å². The van der Waals surface area contributed by atoms with Gasteiger partial charge in [-0.1, -0.05) is 36.4 Å². The van der Waals surface area contributed by atoms with Crippen LogP contribution in [-0.4, -0.2) is 18.3 Å². The molecule has 0 spiro atoms. The van der Waals surface area contributed by atoms with Crippen LogP contribution in [0.15, 0.2) is 59.0 Å². The first kappa shape index (κ1) is 15.6. The van der Waals surface area contributed by atoms with Gasteiger partial charge < -0.3 is 19.6 Å². The second kappa shape index (κ2) is 7.31. The number of benzene rings is 2. The lowest BCUT2D eigenvalue weighted by atomic mass is 10.1. The topological polar surface area (TPSA) is 54.6 Å². The van der Waals surface area contributed by atoms with Gasteiger partial charge in [0.15, 0.2) is 0 Å². The summed E-state index contributed by atoms with van der Waals surface area (Å²) in [5.74, 6) is 1.71. The van der Waals surface area contributed by atoms with Crippen molar-refractivity contribution in [3.05, 3.63) is 65.9 Å². The minimum atomic E-state index is 0.0111. The molecule has 0 saturated heterocycles. The molecule has 120 valence electrons. The Hall–Kier alpha value is -2.30. The highest BCUT2D eigenvalue weighted by Gasteiger charge is 2.12. The number of aliphatic hydroxyl groups excluding tert-OH is 1. The molecular formula is C19H21NO3. The maximum atomic E-state index is 8.90. The van der Waals surface area contributed by atoms with Crippen LogP contribution in [0.4, 0.5) is 0 Å². The van der Waals surface area contributed by atoms with Gasteiger partial charge >= 0.3 is 0 Å². The average Bonchev–Trinajstić information content (AvgIpc) is 3.02. The first-order valence-electron chi connectivity index (χ1n) is 7.81. The van der Waals surface area contributed by atoms with Gasteiger partial charge in [0.2, 0.25) is 0 Å². The zero-order valence-corrected chi connectivity index (χ0v) is 13.2. The quantitative estimate of drug-likeness (QED) is 0.699. The molecule has 0 amide bonds. The molecule has 4 nitrogen and oxygen atoms in total. The smallest absolute Gasteiger partial charge is 0.134 e. The molecule has 0 radical (unpaired) electrons. The number of hydrogen-bond acceptors (Lipinski definition) is 4. The summed E-state index contributed by atoms with van der Waals surface area (Å²) >= 11 is 0. The van der Waals surface area contributed by atoms with Crippen LogP contribution < -0.4 is 10.1 Å². The van der Waals surface area contributed by atoms with E-state index in [2.05, 4.69) is 18.3 Å². The van der Waals surface area contributed by atoms with Crippen molar-refractivity contribution in [3.8, 4) is 5.75 Å². The summed E-state index contributed by atoms with van der Waals surface area (Å²) in [7, 11) is 0. The van der Waals surface area contributed by atoms with Gasteiger partial charge in [0, 0.05) is 17.5 Å². The second-order valence-electron chi connectivity index (χ2n) is 5.47. The molecule has 1 aromatic heterocycles. The lowest BCUT2D eigenvalue weighted by molar-refractivity contribution is 0.200. The standard InChI is InChI=1S/C19H21NO3/c1-14(19-12-15-6-2-5-9-18(15)23-19)20-13-16-7-3-4-8-17(16)22-11-10-21/h2-9,12,14,20-21H,10-11,13H2,1H3. The second-order valence-corrected chi connectivity index (χ2v) is 5.47. The van der Waals surface area contributed by atoms with E-state index < -0.39 is 0 Å². The molecule has 3 rings (SSSR count). The van der Waals surface area contributed by atoms with Gasteiger partial charge in [0.1, 0.15) is 23.7 Å². The summed E-state index contributed by atoms with van der Waals surface area (Å²) in [4.78, 5) is 0. The van der Waals surface area contributed by atoms with Gasteiger partial charge in [0.25, 0.3) is 0 Å². The van der Waals surface area contributed by atoms with Crippen molar-refractivity contribution >= 4 is 11.0 Å². The van der Waals surface area contributed by atoms with Crippen LogP contribution in [0.3, 0.4) is 0 Å². The number of aliphatic hydroxyl groups is 1. The number of ether oxygens (including phenoxy) is 1. The highest BCUT2D eigenvalue weighted by atomic mass is 16.5. The van der Waals surface area contributed by atoms with Crippen molar-refractivity contribution in [1.82, 2.24) is 5.32 Å². The van der Waals surface area contributed by atoms with Crippen LogP contribution in [0.1, 0.15) is 24.3 Å². The van der Waals surface area contributed by atoms with Crippen LogP contribution in [0.2, 0.25) is 0 Å². The Morgan fingerprint density at radius 1 is 1.13 bits per heavy atom. The molecule has 2 aromatic carbocycles. The molecule has 3 aromatic rings. The van der Waals surface area contributed by atoms with Crippen molar-refractivity contribution < 1.29 is 14.3 Å². The number of furan rings is 1. The van der Waals surface area contributed by atoms with E-state index in [0.717, 1.165) is 28.0 Å². The van der Waals surface area contributed by atoms with Crippen LogP contribution in [-0.2, 0) is 6.54 Å². The van der Waals surface area contributed by atoms with Gasteiger partial charge in [-0.05, 0) is 25.1 Å². The summed E-state index contributed by atoms with van der Waals surface area (Å²) in [5, 5.41) is 13.5. The molecule has 0 bridgehead atoms. The van der Waals surface area contributed by atoms with E-state index >= 15 is 0 Å². The molecule has 1 unspecified atom stereocenters. The highest BCUT2D eigenvalue weighted by molar-refractivity contribution is 5.77. The Morgan fingerprint density at radius 3 is 2.74 bits per heavy atom. The number of fused-ring (bicyclic) bond motifs is 1. The summed E-state index contributed by atoms with van der Waals surface area (Å²) in [6.45, 7) is 3.06. The van der Waals surface area contributed by atoms with Crippen molar-refractivity contribution in [2.24, 2.45) is 0 Å². The molecular weight excluding hydrogens is 290 g/mol. The van der Waals surface area contributed by atoms with Crippen molar-refractivity contribution in [2.75, 3.05) is 13.2 Å². The number of para-hydroxylation sites is 2. The monoisotopic (exact) mass is 311 g/mol. The van der Waals surface area contributed by atoms with E-state index in [9.17, 15) is 0 Å². The predicted octanol–water partition coefficient (Wildman–Crippen LogP) is 3.65. The molecule has 4 heteroatoms. The van der Waals surface area contributed by atoms with Crippen LogP contribution in [0, 0.1) is 0 Å². The Bertz CT molecular complexity index is 733. The highest BCUT2D eigenvalue weighted by Crippen LogP contribution is 2.24. The number of nitrogens with one attached hydrogen (secondary N) is 1. The minimum absolute atomic E-state index is 0.0111. The molecule has 23 heavy (non-hydrogen) atoms. The zero-order chi connectivity index (χ0) is 16.1. The SMILES string of the molecule is CC(NCc1ccccc1OCCO)c1cc2ccccc2o1. The van der Waals surface area contributed by atoms with Crippen LogP contribution >= 0.6 is 0 Å². The number of rotatable bonds is 7. The van der Waals surface area contributed by atoms with E-state index in [0.29, 0.717) is 13.2 Å². The summed E-state index contributed by atoms with van der Waals surface area (Å²) in [6.07, 6.45) is 0. The molecule has 1 atom stereocenters.